The second-order valence-corrected chi connectivity index (χ2v) is 5.18. The summed E-state index contributed by atoms with van der Waals surface area (Å²) in [7, 11) is 0. The Labute approximate surface area is 92.7 Å². The third kappa shape index (κ3) is 2.83. The van der Waals surface area contributed by atoms with Crippen molar-refractivity contribution >= 4 is 0 Å². The summed E-state index contributed by atoms with van der Waals surface area (Å²) in [5.74, 6) is 0.708. The highest BCUT2D eigenvalue weighted by molar-refractivity contribution is 5.00. The van der Waals surface area contributed by atoms with Crippen molar-refractivity contribution in [1.29, 1.82) is 0 Å². The normalized spacial score (nSPS) is 18.6. The molecule has 2 heteroatoms. The zero-order valence-electron chi connectivity index (χ0n) is 9.95. The van der Waals surface area contributed by atoms with Crippen molar-refractivity contribution in [3.05, 3.63) is 18.0 Å². The van der Waals surface area contributed by atoms with Crippen LogP contribution in [0.15, 0.2) is 12.3 Å². The van der Waals surface area contributed by atoms with Gasteiger partial charge in [-0.25, -0.2) is 0 Å². The fraction of sp³-hybridized carbons (Fsp3) is 0.769. The summed E-state index contributed by atoms with van der Waals surface area (Å²) in [6.07, 6.45) is 10.1. The quantitative estimate of drug-likeness (QED) is 0.739. The molecule has 0 bridgehead atoms. The molecule has 0 amide bonds. The van der Waals surface area contributed by atoms with Gasteiger partial charge < -0.3 is 0 Å². The predicted molar refractivity (Wildman–Crippen MR) is 62.9 cm³/mol. The number of hydrogen-bond acceptors (Lipinski definition) is 1. The van der Waals surface area contributed by atoms with E-state index in [4.69, 9.17) is 5.10 Å². The van der Waals surface area contributed by atoms with E-state index in [9.17, 15) is 0 Å². The van der Waals surface area contributed by atoms with Gasteiger partial charge in [-0.2, -0.15) is 5.10 Å². The van der Waals surface area contributed by atoms with Crippen LogP contribution in [-0.4, -0.2) is 9.78 Å². The van der Waals surface area contributed by atoms with E-state index in [1.807, 2.05) is 0 Å². The molecule has 0 radical (unpaired) electrons. The van der Waals surface area contributed by atoms with Crippen LogP contribution in [0.1, 0.15) is 57.7 Å². The molecule has 0 spiro atoms. The molecule has 1 aromatic heterocycles. The lowest BCUT2D eigenvalue weighted by Gasteiger charge is -2.21. The summed E-state index contributed by atoms with van der Waals surface area (Å²) >= 11 is 0. The van der Waals surface area contributed by atoms with E-state index < -0.39 is 0 Å². The molecule has 1 heterocycles. The van der Waals surface area contributed by atoms with Gasteiger partial charge in [-0.3, -0.25) is 4.68 Å². The molecule has 1 aliphatic carbocycles. The molecule has 0 aromatic carbocycles. The second kappa shape index (κ2) is 4.82. The Morgan fingerprint density at radius 1 is 1.33 bits per heavy atom. The average Bonchev–Trinajstić information content (AvgIpc) is 2.67. The molecule has 84 valence electrons. The highest BCUT2D eigenvalue weighted by Gasteiger charge is 2.15. The fourth-order valence-electron chi connectivity index (χ4n) is 2.45. The van der Waals surface area contributed by atoms with Gasteiger partial charge in [-0.1, -0.05) is 33.1 Å². The Hall–Kier alpha value is -0.790. The van der Waals surface area contributed by atoms with E-state index in [1.165, 1.54) is 37.8 Å². The molecular weight excluding hydrogens is 184 g/mol. The lowest BCUT2D eigenvalue weighted by Crippen LogP contribution is -2.13. The van der Waals surface area contributed by atoms with E-state index in [0.29, 0.717) is 12.0 Å². The summed E-state index contributed by atoms with van der Waals surface area (Å²) in [5.41, 5.74) is 1.26. The molecule has 0 aliphatic heterocycles. The molecule has 1 fully saturated rings. The molecule has 1 aromatic rings. The number of nitrogens with zero attached hydrogens (tertiary/aromatic N) is 2. The van der Waals surface area contributed by atoms with Crippen molar-refractivity contribution in [3.63, 3.8) is 0 Å². The third-order valence-corrected chi connectivity index (χ3v) is 3.23. The average molecular weight is 206 g/mol. The van der Waals surface area contributed by atoms with Gasteiger partial charge >= 0.3 is 0 Å². The Bertz CT molecular complexity index is 295. The van der Waals surface area contributed by atoms with Gasteiger partial charge in [0.2, 0.25) is 0 Å². The molecule has 0 unspecified atom stereocenters. The second-order valence-electron chi connectivity index (χ2n) is 5.18. The van der Waals surface area contributed by atoms with Crippen LogP contribution in [0.5, 0.6) is 0 Å². The number of hydrogen-bond donors (Lipinski definition) is 0. The van der Waals surface area contributed by atoms with E-state index >= 15 is 0 Å². The number of rotatable bonds is 3. The van der Waals surface area contributed by atoms with E-state index in [-0.39, 0.29) is 0 Å². The highest BCUT2D eigenvalue weighted by atomic mass is 15.3. The molecular formula is C13H22N2. The van der Waals surface area contributed by atoms with Crippen LogP contribution in [0, 0.1) is 5.92 Å². The van der Waals surface area contributed by atoms with Crippen LogP contribution in [0.4, 0.5) is 0 Å². The SMILES string of the molecule is CC(C)Cc1ccn(C2CCCCC2)n1. The standard InChI is InChI=1S/C13H22N2/c1-11(2)10-12-8-9-15(14-12)13-6-4-3-5-7-13/h8-9,11,13H,3-7,10H2,1-2H3. The topological polar surface area (TPSA) is 17.8 Å². The van der Waals surface area contributed by atoms with Crippen molar-refractivity contribution in [3.8, 4) is 0 Å². The summed E-state index contributed by atoms with van der Waals surface area (Å²) in [6.45, 7) is 4.50. The van der Waals surface area contributed by atoms with Gasteiger partial charge in [0.05, 0.1) is 11.7 Å². The largest absolute Gasteiger partial charge is 0.269 e. The molecule has 2 nitrogen and oxygen atoms in total. The molecule has 0 atom stereocenters. The van der Waals surface area contributed by atoms with Crippen molar-refractivity contribution in [2.75, 3.05) is 0 Å². The first kappa shape index (κ1) is 10.7. The van der Waals surface area contributed by atoms with Gasteiger partial charge in [0.1, 0.15) is 0 Å². The van der Waals surface area contributed by atoms with Gasteiger partial charge in [0.15, 0.2) is 0 Å². The van der Waals surface area contributed by atoms with E-state index in [1.54, 1.807) is 0 Å². The smallest absolute Gasteiger partial charge is 0.0627 e. The summed E-state index contributed by atoms with van der Waals surface area (Å²) < 4.78 is 2.21. The minimum atomic E-state index is 0.680. The monoisotopic (exact) mass is 206 g/mol. The lowest BCUT2D eigenvalue weighted by molar-refractivity contribution is 0.327. The maximum Gasteiger partial charge on any atom is 0.0627 e. The van der Waals surface area contributed by atoms with E-state index in [0.717, 1.165) is 6.42 Å². The first-order valence-electron chi connectivity index (χ1n) is 6.30. The van der Waals surface area contributed by atoms with Crippen LogP contribution in [0.25, 0.3) is 0 Å². The van der Waals surface area contributed by atoms with Crippen LogP contribution in [0.2, 0.25) is 0 Å². The van der Waals surface area contributed by atoms with Crippen molar-refractivity contribution in [1.82, 2.24) is 9.78 Å². The van der Waals surface area contributed by atoms with E-state index in [2.05, 4.69) is 30.8 Å². The Morgan fingerprint density at radius 2 is 2.07 bits per heavy atom. The van der Waals surface area contributed by atoms with Crippen LogP contribution < -0.4 is 0 Å². The summed E-state index contributed by atoms with van der Waals surface area (Å²) in [6, 6.07) is 2.87. The fourth-order valence-corrected chi connectivity index (χ4v) is 2.45. The molecule has 1 saturated carbocycles. The predicted octanol–water partition coefficient (Wildman–Crippen LogP) is 3.59. The zero-order chi connectivity index (χ0) is 10.7. The maximum atomic E-state index is 4.69. The summed E-state index contributed by atoms with van der Waals surface area (Å²) in [4.78, 5) is 0. The summed E-state index contributed by atoms with van der Waals surface area (Å²) in [5, 5.41) is 4.69. The minimum Gasteiger partial charge on any atom is -0.269 e. The first-order chi connectivity index (χ1) is 7.25. The Balaban J connectivity index is 1.99. The van der Waals surface area contributed by atoms with Gasteiger partial charge in [-0.05, 0) is 31.2 Å². The first-order valence-corrected chi connectivity index (χ1v) is 6.30. The van der Waals surface area contributed by atoms with Crippen molar-refractivity contribution < 1.29 is 0 Å². The molecule has 0 saturated heterocycles. The Morgan fingerprint density at radius 3 is 2.73 bits per heavy atom. The van der Waals surface area contributed by atoms with Crippen LogP contribution in [0.3, 0.4) is 0 Å². The van der Waals surface area contributed by atoms with Crippen LogP contribution in [-0.2, 0) is 6.42 Å². The number of aromatic nitrogens is 2. The molecule has 2 rings (SSSR count). The zero-order valence-corrected chi connectivity index (χ0v) is 9.95. The maximum absolute atomic E-state index is 4.69. The molecule has 1 aliphatic rings. The molecule has 15 heavy (non-hydrogen) atoms. The van der Waals surface area contributed by atoms with Gasteiger partial charge in [-0.15, -0.1) is 0 Å². The van der Waals surface area contributed by atoms with Crippen LogP contribution >= 0.6 is 0 Å². The Kier molecular flexibility index (Phi) is 3.45. The minimum absolute atomic E-state index is 0.680. The van der Waals surface area contributed by atoms with Crippen molar-refractivity contribution in [2.24, 2.45) is 5.92 Å². The van der Waals surface area contributed by atoms with Gasteiger partial charge in [0.25, 0.3) is 0 Å². The highest BCUT2D eigenvalue weighted by Crippen LogP contribution is 2.27. The van der Waals surface area contributed by atoms with Crippen molar-refractivity contribution in [2.45, 2.75) is 58.4 Å². The lowest BCUT2D eigenvalue weighted by atomic mass is 9.96. The third-order valence-electron chi connectivity index (χ3n) is 3.23. The molecule has 0 N–H and O–H groups in total. The van der Waals surface area contributed by atoms with Gasteiger partial charge in [0, 0.05) is 6.20 Å².